The highest BCUT2D eigenvalue weighted by molar-refractivity contribution is 9.11. The maximum Gasteiger partial charge on any atom is 0.279 e. The fraction of sp³-hybridized carbons (Fsp3) is 0.118. The van der Waals surface area contributed by atoms with Gasteiger partial charge in [-0.3, -0.25) is 20.4 Å². The Bertz CT molecular complexity index is 939. The third-order valence-corrected chi connectivity index (χ3v) is 5.68. The van der Waals surface area contributed by atoms with Crippen molar-refractivity contribution in [2.75, 3.05) is 0 Å². The summed E-state index contributed by atoms with van der Waals surface area (Å²) in [5.41, 5.74) is 6.01. The van der Waals surface area contributed by atoms with Gasteiger partial charge in [-0.1, -0.05) is 6.07 Å². The number of benzene rings is 1. The number of hydrogen-bond donors (Lipinski definition) is 2. The largest absolute Gasteiger partial charge is 0.487 e. The molecular weight excluding hydrogens is 438 g/mol. The van der Waals surface area contributed by atoms with Gasteiger partial charge in [0, 0.05) is 10.9 Å². The molecule has 0 fully saturated rings. The lowest BCUT2D eigenvalue weighted by molar-refractivity contribution is 0.0848. The molecule has 0 radical (unpaired) electrons. The standard InChI is InChI=1S/C17H14BrN3O3S2/c1-10-19-12(9-25-10)8-24-13-4-2-3-11(7-13)16(22)20-21-17(23)14-5-6-15(18)26-14/h2-7,9H,8H2,1H3,(H,20,22)(H,21,23). The summed E-state index contributed by atoms with van der Waals surface area (Å²) >= 11 is 6.13. The number of thiazole rings is 1. The van der Waals surface area contributed by atoms with Gasteiger partial charge in [-0.05, 0) is 53.2 Å². The molecule has 3 rings (SSSR count). The van der Waals surface area contributed by atoms with Crippen molar-refractivity contribution in [3.8, 4) is 5.75 Å². The van der Waals surface area contributed by atoms with E-state index in [1.165, 1.54) is 11.3 Å². The summed E-state index contributed by atoms with van der Waals surface area (Å²) in [5, 5.41) is 2.91. The molecule has 26 heavy (non-hydrogen) atoms. The smallest absolute Gasteiger partial charge is 0.279 e. The number of aromatic nitrogens is 1. The Morgan fingerprint density at radius 1 is 1.19 bits per heavy atom. The minimum absolute atomic E-state index is 0.333. The van der Waals surface area contributed by atoms with Crippen LogP contribution in [0.5, 0.6) is 5.75 Å². The molecule has 0 aliphatic rings. The monoisotopic (exact) mass is 451 g/mol. The van der Waals surface area contributed by atoms with Crippen LogP contribution in [-0.4, -0.2) is 16.8 Å². The number of ether oxygens (including phenoxy) is 1. The lowest BCUT2D eigenvalue weighted by Crippen LogP contribution is -2.41. The Hall–Kier alpha value is -2.23. The highest BCUT2D eigenvalue weighted by atomic mass is 79.9. The van der Waals surface area contributed by atoms with E-state index in [4.69, 9.17) is 4.74 Å². The molecule has 6 nitrogen and oxygen atoms in total. The number of hydrazine groups is 1. The van der Waals surface area contributed by atoms with Gasteiger partial charge in [0.25, 0.3) is 11.8 Å². The van der Waals surface area contributed by atoms with Crippen LogP contribution in [0.25, 0.3) is 0 Å². The molecule has 0 aliphatic heterocycles. The zero-order valence-corrected chi connectivity index (χ0v) is 16.8. The number of carbonyl (C=O) groups excluding carboxylic acids is 2. The van der Waals surface area contributed by atoms with Crippen molar-refractivity contribution in [3.05, 3.63) is 66.7 Å². The number of rotatable bonds is 5. The summed E-state index contributed by atoms with van der Waals surface area (Å²) in [5.74, 6) is -0.249. The summed E-state index contributed by atoms with van der Waals surface area (Å²) < 4.78 is 6.51. The third kappa shape index (κ3) is 4.90. The first-order valence-electron chi connectivity index (χ1n) is 7.51. The first kappa shape index (κ1) is 18.6. The number of amides is 2. The maximum atomic E-state index is 12.2. The van der Waals surface area contributed by atoms with Gasteiger partial charge in [0.15, 0.2) is 0 Å². The molecule has 3 aromatic rings. The number of nitrogens with zero attached hydrogens (tertiary/aromatic N) is 1. The second-order valence-electron chi connectivity index (χ2n) is 5.19. The second-order valence-corrected chi connectivity index (χ2v) is 8.71. The Morgan fingerprint density at radius 3 is 2.69 bits per heavy atom. The average molecular weight is 452 g/mol. The maximum absolute atomic E-state index is 12.2. The molecule has 0 atom stereocenters. The number of halogens is 1. The molecule has 134 valence electrons. The van der Waals surface area contributed by atoms with Gasteiger partial charge in [-0.2, -0.15) is 0 Å². The van der Waals surface area contributed by atoms with E-state index < -0.39 is 5.91 Å². The first-order valence-corrected chi connectivity index (χ1v) is 10.00. The minimum Gasteiger partial charge on any atom is -0.487 e. The molecule has 0 unspecified atom stereocenters. The van der Waals surface area contributed by atoms with Gasteiger partial charge >= 0.3 is 0 Å². The molecule has 0 aliphatic carbocycles. The Balaban J connectivity index is 1.56. The first-order chi connectivity index (χ1) is 12.5. The van der Waals surface area contributed by atoms with Crippen LogP contribution in [0.4, 0.5) is 0 Å². The lowest BCUT2D eigenvalue weighted by Gasteiger charge is -2.08. The van der Waals surface area contributed by atoms with E-state index >= 15 is 0 Å². The van der Waals surface area contributed by atoms with Crippen molar-refractivity contribution in [2.24, 2.45) is 0 Å². The predicted octanol–water partition coefficient (Wildman–Crippen LogP) is 3.93. The van der Waals surface area contributed by atoms with Gasteiger partial charge in [-0.25, -0.2) is 4.98 Å². The quantitative estimate of drug-likeness (QED) is 0.575. The molecule has 9 heteroatoms. The van der Waals surface area contributed by atoms with Gasteiger partial charge in [0.05, 0.1) is 19.4 Å². The van der Waals surface area contributed by atoms with Crippen molar-refractivity contribution in [2.45, 2.75) is 13.5 Å². The summed E-state index contributed by atoms with van der Waals surface area (Å²) in [6.45, 7) is 2.27. The van der Waals surface area contributed by atoms with Crippen molar-refractivity contribution in [3.63, 3.8) is 0 Å². The summed E-state index contributed by atoms with van der Waals surface area (Å²) in [7, 11) is 0. The Labute approximate surface area is 166 Å². The Morgan fingerprint density at radius 2 is 2.00 bits per heavy atom. The zero-order chi connectivity index (χ0) is 18.5. The van der Waals surface area contributed by atoms with Crippen LogP contribution >= 0.6 is 38.6 Å². The summed E-state index contributed by atoms with van der Waals surface area (Å²) in [6, 6.07) is 10.2. The number of hydrogen-bond acceptors (Lipinski definition) is 6. The highest BCUT2D eigenvalue weighted by Crippen LogP contribution is 2.21. The van der Waals surface area contributed by atoms with Crippen LogP contribution in [0.15, 0.2) is 45.6 Å². The zero-order valence-electron chi connectivity index (χ0n) is 13.6. The average Bonchev–Trinajstić information content (AvgIpc) is 3.26. The van der Waals surface area contributed by atoms with E-state index in [9.17, 15) is 9.59 Å². The van der Waals surface area contributed by atoms with E-state index in [0.29, 0.717) is 22.8 Å². The van der Waals surface area contributed by atoms with Gasteiger partial charge in [-0.15, -0.1) is 22.7 Å². The van der Waals surface area contributed by atoms with E-state index in [1.54, 1.807) is 47.7 Å². The molecule has 0 saturated heterocycles. The molecule has 0 spiro atoms. The number of thiophene rings is 1. The molecule has 0 saturated carbocycles. The lowest BCUT2D eigenvalue weighted by atomic mass is 10.2. The number of nitrogens with one attached hydrogen (secondary N) is 2. The summed E-state index contributed by atoms with van der Waals surface area (Å²) in [4.78, 5) is 29.0. The van der Waals surface area contributed by atoms with Crippen LogP contribution in [0.2, 0.25) is 0 Å². The van der Waals surface area contributed by atoms with Gasteiger partial charge in [0.1, 0.15) is 12.4 Å². The van der Waals surface area contributed by atoms with E-state index in [-0.39, 0.29) is 5.91 Å². The fourth-order valence-electron chi connectivity index (χ4n) is 2.04. The second kappa shape index (κ2) is 8.43. The van der Waals surface area contributed by atoms with Crippen molar-refractivity contribution < 1.29 is 14.3 Å². The third-order valence-electron chi connectivity index (χ3n) is 3.24. The SMILES string of the molecule is Cc1nc(COc2cccc(C(=O)NNC(=O)c3ccc(Br)s3)c2)cs1. The summed E-state index contributed by atoms with van der Waals surface area (Å²) in [6.07, 6.45) is 0. The molecule has 2 aromatic heterocycles. The topological polar surface area (TPSA) is 80.3 Å². The molecule has 1 aromatic carbocycles. The molecule has 0 bridgehead atoms. The highest BCUT2D eigenvalue weighted by Gasteiger charge is 2.11. The van der Waals surface area contributed by atoms with Crippen LogP contribution in [0, 0.1) is 6.92 Å². The molecule has 2 heterocycles. The van der Waals surface area contributed by atoms with E-state index in [2.05, 4.69) is 31.8 Å². The van der Waals surface area contributed by atoms with Crippen LogP contribution in [0.1, 0.15) is 30.7 Å². The van der Waals surface area contributed by atoms with Crippen molar-refractivity contribution in [1.82, 2.24) is 15.8 Å². The van der Waals surface area contributed by atoms with Gasteiger partial charge < -0.3 is 4.74 Å². The van der Waals surface area contributed by atoms with Crippen LogP contribution < -0.4 is 15.6 Å². The van der Waals surface area contributed by atoms with Crippen molar-refractivity contribution in [1.29, 1.82) is 0 Å². The fourth-order valence-corrected chi connectivity index (χ4v) is 3.92. The number of carbonyl (C=O) groups is 2. The van der Waals surface area contributed by atoms with E-state index in [0.717, 1.165) is 14.5 Å². The van der Waals surface area contributed by atoms with Gasteiger partial charge in [0.2, 0.25) is 0 Å². The number of aryl methyl sites for hydroxylation is 1. The van der Waals surface area contributed by atoms with Crippen LogP contribution in [0.3, 0.4) is 0 Å². The Kier molecular flexibility index (Phi) is 6.02. The molecule has 2 N–H and O–H groups in total. The molecule has 2 amide bonds. The van der Waals surface area contributed by atoms with Crippen molar-refractivity contribution >= 4 is 50.4 Å². The van der Waals surface area contributed by atoms with E-state index in [1.807, 2.05) is 12.3 Å². The molecular formula is C17H14BrN3O3S2. The normalized spacial score (nSPS) is 10.4. The van der Waals surface area contributed by atoms with Crippen LogP contribution in [-0.2, 0) is 6.61 Å². The predicted molar refractivity (Wildman–Crippen MR) is 105 cm³/mol. The minimum atomic E-state index is -0.427.